The number of carbonyl (C=O) groups is 2. The van der Waals surface area contributed by atoms with Crippen molar-refractivity contribution < 1.29 is 18.4 Å². The number of anilines is 2. The quantitative estimate of drug-likeness (QED) is 0.626. The lowest BCUT2D eigenvalue weighted by Crippen LogP contribution is -2.41. The van der Waals surface area contributed by atoms with Crippen LogP contribution in [0.15, 0.2) is 24.3 Å². The molecule has 1 saturated heterocycles. The number of hydrogen-bond acceptors (Lipinski definition) is 8. The number of hydrogen-bond donors (Lipinski definition) is 1. The van der Waals surface area contributed by atoms with Gasteiger partial charge in [0.2, 0.25) is 5.91 Å². The lowest BCUT2D eigenvalue weighted by Gasteiger charge is -2.30. The molecule has 1 fully saturated rings. The van der Waals surface area contributed by atoms with Crippen molar-refractivity contribution in [2.24, 2.45) is 0 Å². The Labute approximate surface area is 187 Å². The van der Waals surface area contributed by atoms with E-state index < -0.39 is 22.9 Å². The first kappa shape index (κ1) is 22.9. The van der Waals surface area contributed by atoms with Crippen LogP contribution in [0.3, 0.4) is 0 Å². The predicted molar refractivity (Wildman–Crippen MR) is 117 cm³/mol. The van der Waals surface area contributed by atoms with Gasteiger partial charge in [-0.15, -0.1) is 11.3 Å². The third kappa shape index (κ3) is 5.88. The van der Waals surface area contributed by atoms with Crippen molar-refractivity contribution in [2.45, 2.75) is 26.2 Å². The Kier molecular flexibility index (Phi) is 7.73. The molecule has 0 bridgehead atoms. The zero-order valence-electron chi connectivity index (χ0n) is 17.0. The summed E-state index contributed by atoms with van der Waals surface area (Å²) in [5, 5.41) is 11.8. The summed E-state index contributed by atoms with van der Waals surface area (Å²) in [5.74, 6) is -1.13. The number of nitrogens with zero attached hydrogens (tertiary/aromatic N) is 4. The van der Waals surface area contributed by atoms with Crippen molar-refractivity contribution in [1.82, 2.24) is 15.2 Å². The minimum absolute atomic E-state index is 0.0373. The maximum Gasteiger partial charge on any atom is 0.271 e. The molecular formula is C20H22N5O4S2-. The van der Waals surface area contributed by atoms with Crippen molar-refractivity contribution in [3.63, 3.8) is 0 Å². The van der Waals surface area contributed by atoms with Crippen LogP contribution in [0.2, 0.25) is 0 Å². The first-order chi connectivity index (χ1) is 14.9. The van der Waals surface area contributed by atoms with Crippen molar-refractivity contribution in [1.29, 1.82) is 5.26 Å². The van der Waals surface area contributed by atoms with E-state index in [1.807, 2.05) is 4.90 Å². The molecule has 0 spiro atoms. The second kappa shape index (κ2) is 10.5. The summed E-state index contributed by atoms with van der Waals surface area (Å²) in [6.07, 6.45) is 3.07. The van der Waals surface area contributed by atoms with Crippen molar-refractivity contribution >= 4 is 45.1 Å². The second-order valence-corrected chi connectivity index (χ2v) is 9.12. The number of aryl methyl sites for hydroxylation is 1. The number of nitrogens with one attached hydrogen (secondary N) is 1. The Morgan fingerprint density at radius 1 is 1.29 bits per heavy atom. The molecule has 2 aromatic rings. The molecule has 1 aromatic heterocycles. The van der Waals surface area contributed by atoms with E-state index in [2.05, 4.69) is 16.4 Å². The van der Waals surface area contributed by atoms with Gasteiger partial charge in [0, 0.05) is 23.7 Å². The summed E-state index contributed by atoms with van der Waals surface area (Å²) < 4.78 is 21.5. The number of carbonyl (C=O) groups excluding carboxylic acids is 2. The van der Waals surface area contributed by atoms with Crippen LogP contribution in [0, 0.1) is 18.3 Å². The number of nitriles is 1. The van der Waals surface area contributed by atoms with Gasteiger partial charge in [-0.2, -0.15) is 5.26 Å². The van der Waals surface area contributed by atoms with Gasteiger partial charge in [-0.3, -0.25) is 13.8 Å². The Bertz CT molecular complexity index is 1010. The van der Waals surface area contributed by atoms with E-state index in [1.54, 1.807) is 36.1 Å². The summed E-state index contributed by atoms with van der Waals surface area (Å²) in [5.41, 5.74) is 1.28. The van der Waals surface area contributed by atoms with E-state index in [1.165, 1.54) is 11.3 Å². The second-order valence-electron chi connectivity index (χ2n) is 7.04. The van der Waals surface area contributed by atoms with E-state index in [4.69, 9.17) is 5.26 Å². The van der Waals surface area contributed by atoms with E-state index in [9.17, 15) is 18.4 Å². The highest BCUT2D eigenvalue weighted by atomic mass is 32.2. The van der Waals surface area contributed by atoms with Crippen molar-refractivity contribution in [3.05, 3.63) is 40.4 Å². The maximum atomic E-state index is 12.9. The molecule has 0 aliphatic carbocycles. The fourth-order valence-electron chi connectivity index (χ4n) is 3.28. The van der Waals surface area contributed by atoms with E-state index in [0.717, 1.165) is 32.4 Å². The van der Waals surface area contributed by atoms with Crippen LogP contribution in [-0.4, -0.2) is 56.0 Å². The van der Waals surface area contributed by atoms with Gasteiger partial charge in [0.15, 0.2) is 5.13 Å². The topological polar surface area (TPSA) is 129 Å². The average Bonchev–Trinajstić information content (AvgIpc) is 3.17. The smallest absolute Gasteiger partial charge is 0.271 e. The fourth-order valence-corrected chi connectivity index (χ4v) is 4.46. The van der Waals surface area contributed by atoms with Crippen LogP contribution in [-0.2, 0) is 15.9 Å². The largest absolute Gasteiger partial charge is 0.771 e. The molecule has 1 aromatic carbocycles. The predicted octanol–water partition coefficient (Wildman–Crippen LogP) is 2.04. The van der Waals surface area contributed by atoms with Gasteiger partial charge in [0.25, 0.3) is 5.91 Å². The molecular weight excluding hydrogens is 438 g/mol. The van der Waals surface area contributed by atoms with Crippen LogP contribution in [0.4, 0.5) is 10.8 Å². The lowest BCUT2D eigenvalue weighted by molar-refractivity contribution is -0.130. The number of likely N-dealkylation sites (tertiary alicyclic amines) is 1. The number of thiazole rings is 1. The SMILES string of the molecule is Cc1sc(N(CC(=O)N2CCCCC2)c2ccc(C#N)cc2)nc1C(=O)NCS(=O)[O-]. The Morgan fingerprint density at radius 2 is 1.97 bits per heavy atom. The first-order valence-corrected chi connectivity index (χ1v) is 11.8. The van der Waals surface area contributed by atoms with Crippen LogP contribution in [0.1, 0.15) is 40.2 Å². The van der Waals surface area contributed by atoms with Gasteiger partial charge in [0.1, 0.15) is 12.2 Å². The van der Waals surface area contributed by atoms with Crippen LogP contribution in [0.25, 0.3) is 0 Å². The Morgan fingerprint density at radius 3 is 2.58 bits per heavy atom. The van der Waals surface area contributed by atoms with E-state index in [-0.39, 0.29) is 18.1 Å². The molecule has 1 aliphatic rings. The van der Waals surface area contributed by atoms with Gasteiger partial charge in [0.05, 0.1) is 17.5 Å². The molecule has 1 aliphatic heterocycles. The summed E-state index contributed by atoms with van der Waals surface area (Å²) >= 11 is -1.16. The van der Waals surface area contributed by atoms with E-state index in [0.29, 0.717) is 21.3 Å². The molecule has 0 radical (unpaired) electrons. The van der Waals surface area contributed by atoms with Crippen LogP contribution < -0.4 is 10.2 Å². The molecule has 2 heterocycles. The van der Waals surface area contributed by atoms with Crippen LogP contribution >= 0.6 is 11.3 Å². The summed E-state index contributed by atoms with van der Waals surface area (Å²) in [4.78, 5) is 33.8. The molecule has 3 rings (SSSR count). The standard InChI is InChI=1S/C20H23N5O4S2/c1-14-18(19(27)22-13-31(28)29)23-20(30-14)25(16-7-5-15(11-21)6-8-16)12-17(26)24-9-3-2-4-10-24/h5-8H,2-4,9-10,12-13H2,1H3,(H,22,27)(H,28,29)/p-1. The van der Waals surface area contributed by atoms with Crippen molar-refractivity contribution in [2.75, 3.05) is 30.4 Å². The third-order valence-corrected chi connectivity index (χ3v) is 6.27. The van der Waals surface area contributed by atoms with Gasteiger partial charge < -0.3 is 19.7 Å². The van der Waals surface area contributed by atoms with Gasteiger partial charge >= 0.3 is 0 Å². The molecule has 9 nitrogen and oxygen atoms in total. The minimum Gasteiger partial charge on any atom is -0.771 e. The normalized spacial score (nSPS) is 14.5. The zero-order chi connectivity index (χ0) is 22.4. The summed E-state index contributed by atoms with van der Waals surface area (Å²) in [6.45, 7) is 3.20. The van der Waals surface area contributed by atoms with Gasteiger partial charge in [-0.25, -0.2) is 4.98 Å². The number of piperidine rings is 1. The number of rotatable bonds is 7. The highest BCUT2D eigenvalue weighted by Gasteiger charge is 2.25. The molecule has 11 heteroatoms. The summed E-state index contributed by atoms with van der Waals surface area (Å²) in [7, 11) is 0. The number of aromatic nitrogens is 1. The van der Waals surface area contributed by atoms with E-state index >= 15 is 0 Å². The number of amides is 2. The first-order valence-electron chi connectivity index (χ1n) is 9.76. The molecule has 164 valence electrons. The van der Waals surface area contributed by atoms with Gasteiger partial charge in [-0.1, -0.05) is 0 Å². The lowest BCUT2D eigenvalue weighted by atomic mass is 10.1. The Hall–Kier alpha value is -2.81. The minimum atomic E-state index is -2.41. The summed E-state index contributed by atoms with van der Waals surface area (Å²) in [6, 6.07) is 8.85. The fraction of sp³-hybridized carbons (Fsp3) is 0.400. The highest BCUT2D eigenvalue weighted by Crippen LogP contribution is 2.32. The molecule has 1 N–H and O–H groups in total. The van der Waals surface area contributed by atoms with Gasteiger partial charge in [-0.05, 0) is 61.5 Å². The molecule has 2 amide bonds. The third-order valence-electron chi connectivity index (χ3n) is 4.89. The maximum absolute atomic E-state index is 12.9. The zero-order valence-corrected chi connectivity index (χ0v) is 18.6. The molecule has 1 unspecified atom stereocenters. The Balaban J connectivity index is 1.89. The average molecular weight is 461 g/mol. The van der Waals surface area contributed by atoms with Crippen molar-refractivity contribution in [3.8, 4) is 6.07 Å². The molecule has 31 heavy (non-hydrogen) atoms. The highest BCUT2D eigenvalue weighted by molar-refractivity contribution is 7.79. The molecule has 1 atom stereocenters. The monoisotopic (exact) mass is 460 g/mol. The molecule has 0 saturated carbocycles. The van der Waals surface area contributed by atoms with Crippen LogP contribution in [0.5, 0.6) is 0 Å². The number of benzene rings is 1.